The molecule has 3 aromatic carbocycles. The van der Waals surface area contributed by atoms with Crippen LogP contribution in [0.5, 0.6) is 0 Å². The molecule has 0 fully saturated rings. The summed E-state index contributed by atoms with van der Waals surface area (Å²) in [5.41, 5.74) is 4.17. The highest BCUT2D eigenvalue weighted by Crippen LogP contribution is 2.24. The molecule has 154 valence electrons. The first-order valence-corrected chi connectivity index (χ1v) is 10.7. The predicted octanol–water partition coefficient (Wildman–Crippen LogP) is 5.20. The molecule has 1 N–H and O–H groups in total. The fraction of sp³-hybridized carbons (Fsp3) is 0.0800. The van der Waals surface area contributed by atoms with Crippen LogP contribution in [0.2, 0.25) is 0 Å². The third kappa shape index (κ3) is 5.43. The maximum atomic E-state index is 12.6. The maximum absolute atomic E-state index is 12.6. The molecule has 0 bridgehead atoms. The largest absolute Gasteiger partial charge is 0.452 e. The number of benzene rings is 3. The number of nitrogens with one attached hydrogen (secondary N) is 1. The van der Waals surface area contributed by atoms with Crippen molar-refractivity contribution in [2.24, 2.45) is 0 Å². The van der Waals surface area contributed by atoms with Crippen LogP contribution in [-0.2, 0) is 16.0 Å². The number of carbonyl (C=O) groups excluding carboxylic acids is 2. The molecule has 0 aliphatic carbocycles. The predicted molar refractivity (Wildman–Crippen MR) is 122 cm³/mol. The first kappa shape index (κ1) is 20.5. The average Bonchev–Trinajstić information content (AvgIpc) is 3.27. The van der Waals surface area contributed by atoms with Gasteiger partial charge >= 0.3 is 5.97 Å². The highest BCUT2D eigenvalue weighted by atomic mass is 32.1. The van der Waals surface area contributed by atoms with E-state index in [0.29, 0.717) is 17.1 Å². The second kappa shape index (κ2) is 9.82. The molecule has 0 unspecified atom stereocenters. The molecule has 1 aromatic heterocycles. The number of amides is 1. The molecule has 0 atom stereocenters. The van der Waals surface area contributed by atoms with Gasteiger partial charge in [0.15, 0.2) is 11.7 Å². The van der Waals surface area contributed by atoms with E-state index in [9.17, 15) is 9.59 Å². The van der Waals surface area contributed by atoms with Crippen molar-refractivity contribution in [1.29, 1.82) is 0 Å². The zero-order valence-corrected chi connectivity index (χ0v) is 17.5. The molecule has 0 aliphatic rings. The Labute approximate surface area is 184 Å². The fourth-order valence-corrected chi connectivity index (χ4v) is 3.86. The third-order valence-corrected chi connectivity index (χ3v) is 5.39. The highest BCUT2D eigenvalue weighted by Gasteiger charge is 2.15. The summed E-state index contributed by atoms with van der Waals surface area (Å²) < 4.78 is 5.26. The van der Waals surface area contributed by atoms with Crippen LogP contribution in [0, 0.1) is 0 Å². The third-order valence-electron chi connectivity index (χ3n) is 4.63. The lowest BCUT2D eigenvalue weighted by atomic mass is 10.00. The molecular weight excluding hydrogens is 408 g/mol. The Balaban J connectivity index is 1.35. The van der Waals surface area contributed by atoms with Crippen LogP contribution in [0.25, 0.3) is 11.3 Å². The second-order valence-corrected chi connectivity index (χ2v) is 7.71. The number of nitrogens with zero attached hydrogens (tertiary/aromatic N) is 1. The smallest absolute Gasteiger partial charge is 0.338 e. The lowest BCUT2D eigenvalue weighted by molar-refractivity contribution is -0.119. The number of hydrogen-bond donors (Lipinski definition) is 1. The van der Waals surface area contributed by atoms with Crippen molar-refractivity contribution >= 4 is 28.3 Å². The lowest BCUT2D eigenvalue weighted by Gasteiger charge is -2.09. The Morgan fingerprint density at radius 1 is 0.871 bits per heavy atom. The van der Waals surface area contributed by atoms with Gasteiger partial charge in [0.05, 0.1) is 11.3 Å². The first-order valence-electron chi connectivity index (χ1n) is 9.79. The first-order chi connectivity index (χ1) is 15.2. The zero-order chi connectivity index (χ0) is 21.5. The number of ether oxygens (including phenoxy) is 1. The van der Waals surface area contributed by atoms with Crippen molar-refractivity contribution in [3.8, 4) is 11.3 Å². The topological polar surface area (TPSA) is 68.3 Å². The van der Waals surface area contributed by atoms with E-state index >= 15 is 0 Å². The van der Waals surface area contributed by atoms with E-state index in [1.165, 1.54) is 11.3 Å². The van der Waals surface area contributed by atoms with Gasteiger partial charge in [-0.2, -0.15) is 0 Å². The highest BCUT2D eigenvalue weighted by molar-refractivity contribution is 7.14. The van der Waals surface area contributed by atoms with Crippen molar-refractivity contribution in [1.82, 2.24) is 4.98 Å². The normalized spacial score (nSPS) is 10.5. The van der Waals surface area contributed by atoms with Crippen LogP contribution in [0.1, 0.15) is 21.5 Å². The van der Waals surface area contributed by atoms with Gasteiger partial charge in [0.25, 0.3) is 5.91 Å². The van der Waals surface area contributed by atoms with Gasteiger partial charge in [-0.1, -0.05) is 78.9 Å². The van der Waals surface area contributed by atoms with Crippen LogP contribution >= 0.6 is 11.3 Å². The number of hydrogen-bond acceptors (Lipinski definition) is 5. The molecule has 0 saturated heterocycles. The summed E-state index contributed by atoms with van der Waals surface area (Å²) in [6.45, 7) is -0.376. The zero-order valence-electron chi connectivity index (χ0n) is 16.7. The van der Waals surface area contributed by atoms with E-state index in [4.69, 9.17) is 4.74 Å². The summed E-state index contributed by atoms with van der Waals surface area (Å²) in [4.78, 5) is 29.2. The van der Waals surface area contributed by atoms with Crippen molar-refractivity contribution in [2.45, 2.75) is 6.42 Å². The number of carbonyl (C=O) groups is 2. The molecule has 0 radical (unpaired) electrons. The Bertz CT molecular complexity index is 1170. The van der Waals surface area contributed by atoms with Crippen LogP contribution < -0.4 is 5.32 Å². The van der Waals surface area contributed by atoms with Gasteiger partial charge < -0.3 is 4.74 Å². The molecular formula is C25H20N2O3S. The standard InChI is InChI=1S/C25H20N2O3S/c28-23(27-25-26-22(17-31-25)19-11-5-2-6-12-19)16-30-24(29)21-14-8-7-13-20(21)15-18-9-3-1-4-10-18/h1-14,17H,15-16H2,(H,26,27,28). The summed E-state index contributed by atoms with van der Waals surface area (Å²) in [6.07, 6.45) is 0.611. The summed E-state index contributed by atoms with van der Waals surface area (Å²) in [5, 5.41) is 5.02. The minimum absolute atomic E-state index is 0.376. The van der Waals surface area contributed by atoms with E-state index in [0.717, 1.165) is 22.4 Å². The molecule has 1 heterocycles. The van der Waals surface area contributed by atoms with Crippen molar-refractivity contribution in [3.05, 3.63) is 107 Å². The number of anilines is 1. The number of aromatic nitrogens is 1. The van der Waals surface area contributed by atoms with Gasteiger partial charge in [0.1, 0.15) is 0 Å². The number of rotatable bonds is 7. The molecule has 0 saturated carbocycles. The molecule has 4 aromatic rings. The van der Waals surface area contributed by atoms with Crippen molar-refractivity contribution in [3.63, 3.8) is 0 Å². The molecule has 1 amide bonds. The van der Waals surface area contributed by atoms with Gasteiger partial charge in [-0.3, -0.25) is 10.1 Å². The Morgan fingerprint density at radius 2 is 1.55 bits per heavy atom. The quantitative estimate of drug-likeness (QED) is 0.411. The maximum Gasteiger partial charge on any atom is 0.338 e. The average molecular weight is 429 g/mol. The molecule has 6 heteroatoms. The summed E-state index contributed by atoms with van der Waals surface area (Å²) in [7, 11) is 0. The summed E-state index contributed by atoms with van der Waals surface area (Å²) >= 11 is 1.32. The molecule has 0 aliphatic heterocycles. The van der Waals surface area contributed by atoms with E-state index in [1.807, 2.05) is 78.2 Å². The minimum atomic E-state index is -0.522. The minimum Gasteiger partial charge on any atom is -0.452 e. The van der Waals surface area contributed by atoms with E-state index in [-0.39, 0.29) is 6.61 Å². The Hall–Kier alpha value is -3.77. The lowest BCUT2D eigenvalue weighted by Crippen LogP contribution is -2.21. The molecule has 0 spiro atoms. The van der Waals surface area contributed by atoms with E-state index in [2.05, 4.69) is 10.3 Å². The van der Waals surface area contributed by atoms with Gasteiger partial charge in [-0.05, 0) is 23.6 Å². The number of thiazole rings is 1. The Kier molecular flexibility index (Phi) is 6.50. The summed E-state index contributed by atoms with van der Waals surface area (Å²) in [5.74, 6) is -0.950. The van der Waals surface area contributed by atoms with Crippen LogP contribution in [0.4, 0.5) is 5.13 Å². The van der Waals surface area contributed by atoms with E-state index < -0.39 is 11.9 Å². The van der Waals surface area contributed by atoms with Crippen molar-refractivity contribution < 1.29 is 14.3 Å². The van der Waals surface area contributed by atoms with Crippen LogP contribution in [0.3, 0.4) is 0 Å². The van der Waals surface area contributed by atoms with Crippen LogP contribution in [-0.4, -0.2) is 23.5 Å². The van der Waals surface area contributed by atoms with Crippen LogP contribution in [0.15, 0.2) is 90.3 Å². The van der Waals surface area contributed by atoms with Gasteiger partial charge in [0.2, 0.25) is 0 Å². The van der Waals surface area contributed by atoms with Gasteiger partial charge in [-0.15, -0.1) is 11.3 Å². The number of esters is 1. The fourth-order valence-electron chi connectivity index (χ4n) is 3.13. The molecule has 4 rings (SSSR count). The van der Waals surface area contributed by atoms with Gasteiger partial charge in [-0.25, -0.2) is 9.78 Å². The van der Waals surface area contributed by atoms with Crippen molar-refractivity contribution in [2.75, 3.05) is 11.9 Å². The second-order valence-electron chi connectivity index (χ2n) is 6.85. The van der Waals surface area contributed by atoms with Gasteiger partial charge in [0, 0.05) is 10.9 Å². The van der Waals surface area contributed by atoms with E-state index in [1.54, 1.807) is 12.1 Å². The molecule has 5 nitrogen and oxygen atoms in total. The summed E-state index contributed by atoms with van der Waals surface area (Å²) in [6, 6.07) is 26.9. The Morgan fingerprint density at radius 3 is 2.32 bits per heavy atom. The molecule has 31 heavy (non-hydrogen) atoms. The monoisotopic (exact) mass is 428 g/mol. The SMILES string of the molecule is O=C(COC(=O)c1ccccc1Cc1ccccc1)Nc1nc(-c2ccccc2)cs1.